The van der Waals surface area contributed by atoms with Crippen molar-refractivity contribution in [2.75, 3.05) is 0 Å². The van der Waals surface area contributed by atoms with E-state index in [2.05, 4.69) is 4.98 Å². The summed E-state index contributed by atoms with van der Waals surface area (Å²) in [6.07, 6.45) is 0. The summed E-state index contributed by atoms with van der Waals surface area (Å²) < 4.78 is 0. The molecule has 0 fully saturated rings. The van der Waals surface area contributed by atoms with Gasteiger partial charge in [-0.3, -0.25) is 4.79 Å². The van der Waals surface area contributed by atoms with Crippen LogP contribution in [0.4, 0.5) is 0 Å². The molecule has 0 aliphatic carbocycles. The molecule has 0 radical (unpaired) electrons. The smallest absolute Gasteiger partial charge is 0.192 e. The van der Waals surface area contributed by atoms with Crippen LogP contribution in [0, 0.1) is 13.8 Å². The molecule has 0 unspecified atom stereocenters. The summed E-state index contributed by atoms with van der Waals surface area (Å²) in [6, 6.07) is 13.5. The number of pyridine rings is 1. The van der Waals surface area contributed by atoms with E-state index in [4.69, 9.17) is 11.6 Å². The molecule has 0 saturated heterocycles. The van der Waals surface area contributed by atoms with E-state index < -0.39 is 0 Å². The van der Waals surface area contributed by atoms with E-state index in [-0.39, 0.29) is 5.43 Å². The van der Waals surface area contributed by atoms with Gasteiger partial charge in [0, 0.05) is 16.0 Å². The van der Waals surface area contributed by atoms with Gasteiger partial charge < -0.3 is 4.98 Å². The van der Waals surface area contributed by atoms with Gasteiger partial charge in [0.25, 0.3) is 0 Å². The van der Waals surface area contributed by atoms with Crippen LogP contribution < -0.4 is 5.43 Å². The van der Waals surface area contributed by atoms with E-state index >= 15 is 0 Å². The highest BCUT2D eigenvalue weighted by atomic mass is 35.5. The third-order valence-corrected chi connectivity index (χ3v) is 3.79. The number of H-pyrrole nitrogens is 1. The minimum Gasteiger partial charge on any atom is -0.354 e. The highest BCUT2D eigenvalue weighted by Crippen LogP contribution is 2.25. The molecule has 100 valence electrons. The normalized spacial score (nSPS) is 10.9. The Morgan fingerprint density at radius 3 is 2.45 bits per heavy atom. The van der Waals surface area contributed by atoms with E-state index in [1.807, 2.05) is 50.2 Å². The Morgan fingerprint density at radius 1 is 1.05 bits per heavy atom. The third-order valence-electron chi connectivity index (χ3n) is 3.57. The van der Waals surface area contributed by atoms with E-state index in [0.29, 0.717) is 16.0 Å². The quantitative estimate of drug-likeness (QED) is 0.702. The number of rotatable bonds is 1. The van der Waals surface area contributed by atoms with Crippen molar-refractivity contribution >= 4 is 22.5 Å². The number of nitrogens with one attached hydrogen (secondary N) is 1. The molecule has 0 spiro atoms. The lowest BCUT2D eigenvalue weighted by Crippen LogP contribution is -2.10. The second kappa shape index (κ2) is 4.80. The molecule has 0 saturated carbocycles. The Bertz CT molecular complexity index is 850. The number of aromatic nitrogens is 1. The number of aryl methyl sites for hydroxylation is 1. The molecule has 2 nitrogen and oxygen atoms in total. The van der Waals surface area contributed by atoms with Crippen LogP contribution in [0.15, 0.2) is 47.3 Å². The first kappa shape index (κ1) is 12.9. The zero-order valence-electron chi connectivity index (χ0n) is 11.3. The van der Waals surface area contributed by atoms with Crippen LogP contribution >= 0.6 is 11.6 Å². The number of aromatic amines is 1. The zero-order valence-corrected chi connectivity index (χ0v) is 12.1. The predicted octanol–water partition coefficient (Wildman–Crippen LogP) is 4.47. The maximum atomic E-state index is 12.5. The zero-order chi connectivity index (χ0) is 14.3. The molecule has 3 heteroatoms. The molecule has 3 rings (SSSR count). The Morgan fingerprint density at radius 2 is 1.75 bits per heavy atom. The molecule has 1 N–H and O–H groups in total. The number of benzene rings is 2. The molecule has 1 aromatic heterocycles. The minimum absolute atomic E-state index is 0.0307. The van der Waals surface area contributed by atoms with Gasteiger partial charge in [-0.15, -0.1) is 0 Å². The molecule has 0 amide bonds. The molecule has 20 heavy (non-hydrogen) atoms. The lowest BCUT2D eigenvalue weighted by molar-refractivity contribution is 1.28. The summed E-state index contributed by atoms with van der Waals surface area (Å²) in [4.78, 5) is 15.9. The van der Waals surface area contributed by atoms with Gasteiger partial charge in [0.2, 0.25) is 0 Å². The van der Waals surface area contributed by atoms with Gasteiger partial charge in [-0.1, -0.05) is 41.9 Å². The van der Waals surface area contributed by atoms with Crippen LogP contribution in [0.25, 0.3) is 22.2 Å². The molecule has 0 bridgehead atoms. The van der Waals surface area contributed by atoms with Gasteiger partial charge in [-0.05, 0) is 37.1 Å². The van der Waals surface area contributed by atoms with Crippen molar-refractivity contribution < 1.29 is 0 Å². The first-order valence-corrected chi connectivity index (χ1v) is 6.84. The van der Waals surface area contributed by atoms with E-state index in [1.165, 1.54) is 0 Å². The summed E-state index contributed by atoms with van der Waals surface area (Å²) in [5.41, 5.74) is 4.45. The van der Waals surface area contributed by atoms with Crippen LogP contribution in [0.5, 0.6) is 0 Å². The fourth-order valence-corrected chi connectivity index (χ4v) is 2.79. The number of hydrogen-bond acceptors (Lipinski definition) is 1. The second-order valence-corrected chi connectivity index (χ2v) is 5.40. The first-order chi connectivity index (χ1) is 9.58. The van der Waals surface area contributed by atoms with Crippen LogP contribution in [0.3, 0.4) is 0 Å². The Hall–Kier alpha value is -2.06. The van der Waals surface area contributed by atoms with Crippen LogP contribution in [0.1, 0.15) is 11.1 Å². The minimum atomic E-state index is 0.0307. The monoisotopic (exact) mass is 283 g/mol. The van der Waals surface area contributed by atoms with Crippen molar-refractivity contribution in [3.05, 3.63) is 68.8 Å². The first-order valence-electron chi connectivity index (χ1n) is 6.46. The van der Waals surface area contributed by atoms with E-state index in [9.17, 15) is 4.79 Å². The molecule has 3 aromatic rings. The Kier molecular flexibility index (Phi) is 3.11. The second-order valence-electron chi connectivity index (χ2n) is 4.97. The van der Waals surface area contributed by atoms with Gasteiger partial charge in [0.1, 0.15) is 0 Å². The summed E-state index contributed by atoms with van der Waals surface area (Å²) in [6.45, 7) is 3.80. The fraction of sp³-hybridized carbons (Fsp3) is 0.118. The van der Waals surface area contributed by atoms with Gasteiger partial charge in [0.15, 0.2) is 5.43 Å². The van der Waals surface area contributed by atoms with Crippen molar-refractivity contribution in [3.63, 3.8) is 0 Å². The lowest BCUT2D eigenvalue weighted by Gasteiger charge is -2.10. The SMILES string of the molecule is Cc1c(-c2ccccc2)[nH]c2c(C)cc(Cl)cc2c1=O. The third kappa shape index (κ3) is 2.02. The number of hydrogen-bond donors (Lipinski definition) is 1. The average Bonchev–Trinajstić information content (AvgIpc) is 2.44. The maximum absolute atomic E-state index is 12.5. The molecular formula is C17H14ClNO. The summed E-state index contributed by atoms with van der Waals surface area (Å²) in [7, 11) is 0. The standard InChI is InChI=1S/C17H14ClNO/c1-10-8-13(18)9-14-15(10)19-16(11(2)17(14)20)12-6-4-3-5-7-12/h3-9H,1-2H3,(H,19,20). The van der Waals surface area contributed by atoms with E-state index in [1.54, 1.807) is 6.07 Å². The Balaban J connectivity index is 2.42. The van der Waals surface area contributed by atoms with Gasteiger partial charge >= 0.3 is 0 Å². The molecule has 0 atom stereocenters. The van der Waals surface area contributed by atoms with Crippen molar-refractivity contribution in [1.82, 2.24) is 4.98 Å². The van der Waals surface area contributed by atoms with Crippen molar-refractivity contribution in [2.45, 2.75) is 13.8 Å². The highest BCUT2D eigenvalue weighted by molar-refractivity contribution is 6.31. The largest absolute Gasteiger partial charge is 0.354 e. The molecule has 2 aromatic carbocycles. The number of fused-ring (bicyclic) bond motifs is 1. The van der Waals surface area contributed by atoms with Crippen molar-refractivity contribution in [3.8, 4) is 11.3 Å². The molecular weight excluding hydrogens is 270 g/mol. The predicted molar refractivity (Wildman–Crippen MR) is 84.5 cm³/mol. The summed E-state index contributed by atoms with van der Waals surface area (Å²) >= 11 is 6.05. The van der Waals surface area contributed by atoms with Gasteiger partial charge in [0.05, 0.1) is 11.2 Å². The fourth-order valence-electron chi connectivity index (χ4n) is 2.52. The highest BCUT2D eigenvalue weighted by Gasteiger charge is 2.11. The molecule has 0 aliphatic heterocycles. The van der Waals surface area contributed by atoms with Crippen LogP contribution in [-0.4, -0.2) is 4.98 Å². The van der Waals surface area contributed by atoms with E-state index in [0.717, 1.165) is 22.3 Å². The Labute approximate surface area is 122 Å². The van der Waals surface area contributed by atoms with Crippen molar-refractivity contribution in [1.29, 1.82) is 0 Å². The number of halogens is 1. The average molecular weight is 284 g/mol. The lowest BCUT2D eigenvalue weighted by atomic mass is 10.0. The topological polar surface area (TPSA) is 32.9 Å². The summed E-state index contributed by atoms with van der Waals surface area (Å²) in [5, 5.41) is 1.24. The van der Waals surface area contributed by atoms with Crippen LogP contribution in [-0.2, 0) is 0 Å². The van der Waals surface area contributed by atoms with Crippen LogP contribution in [0.2, 0.25) is 5.02 Å². The summed E-state index contributed by atoms with van der Waals surface area (Å²) in [5.74, 6) is 0. The van der Waals surface area contributed by atoms with Crippen molar-refractivity contribution in [2.24, 2.45) is 0 Å². The van der Waals surface area contributed by atoms with Gasteiger partial charge in [-0.2, -0.15) is 0 Å². The maximum Gasteiger partial charge on any atom is 0.192 e. The molecule has 0 aliphatic rings. The molecule has 1 heterocycles. The van der Waals surface area contributed by atoms with Gasteiger partial charge in [-0.25, -0.2) is 0 Å².